The maximum absolute atomic E-state index is 13.3. The van der Waals surface area contributed by atoms with Crippen LogP contribution < -0.4 is 14.2 Å². The molecule has 7 nitrogen and oxygen atoms in total. The van der Waals surface area contributed by atoms with Gasteiger partial charge in [-0.05, 0) is 65.8 Å². The largest absolute Gasteiger partial charge is 0.573 e. The Morgan fingerprint density at radius 2 is 1.58 bits per heavy atom. The van der Waals surface area contributed by atoms with E-state index in [1.165, 1.54) is 38.0 Å². The Morgan fingerprint density at radius 3 is 2.18 bits per heavy atom. The molecule has 202 valence electrons. The number of nitrogens with one attached hydrogen (secondary N) is 1. The van der Waals surface area contributed by atoms with Crippen molar-refractivity contribution in [3.05, 3.63) is 71.8 Å². The first kappa shape index (κ1) is 27.3. The summed E-state index contributed by atoms with van der Waals surface area (Å²) < 4.78 is 77.4. The predicted molar refractivity (Wildman–Crippen MR) is 135 cm³/mol. The van der Waals surface area contributed by atoms with Crippen LogP contribution in [0.15, 0.2) is 65.6 Å². The van der Waals surface area contributed by atoms with Gasteiger partial charge in [-0.2, -0.15) is 0 Å². The number of carboxylic acids is 1. The first-order chi connectivity index (χ1) is 18.0. The summed E-state index contributed by atoms with van der Waals surface area (Å²) in [5, 5.41) is 9.13. The van der Waals surface area contributed by atoms with Gasteiger partial charge in [0.2, 0.25) is 0 Å². The van der Waals surface area contributed by atoms with E-state index in [1.807, 2.05) is 12.1 Å². The zero-order valence-corrected chi connectivity index (χ0v) is 21.2. The Balaban J connectivity index is 1.67. The maximum Gasteiger partial charge on any atom is 0.573 e. The molecule has 0 bridgehead atoms. The molecule has 1 aliphatic carbocycles. The minimum atomic E-state index is -5.14. The first-order valence-electron chi connectivity index (χ1n) is 11.9. The summed E-state index contributed by atoms with van der Waals surface area (Å²) in [7, 11) is -3.40. The van der Waals surface area contributed by atoms with Gasteiger partial charge in [-0.25, -0.2) is 13.2 Å². The fraction of sp³-hybridized carbons (Fsp3) is 0.296. The number of halogens is 3. The number of hydrogen-bond acceptors (Lipinski definition) is 5. The molecular formula is C27H26F3NO6S. The van der Waals surface area contributed by atoms with Crippen molar-refractivity contribution in [2.45, 2.75) is 49.3 Å². The van der Waals surface area contributed by atoms with Crippen molar-refractivity contribution in [2.75, 3.05) is 11.8 Å². The molecule has 0 atom stereocenters. The van der Waals surface area contributed by atoms with Crippen molar-refractivity contribution in [1.82, 2.24) is 0 Å². The van der Waals surface area contributed by atoms with Gasteiger partial charge in [-0.3, -0.25) is 4.72 Å². The van der Waals surface area contributed by atoms with E-state index in [0.717, 1.165) is 43.2 Å². The van der Waals surface area contributed by atoms with Gasteiger partial charge >= 0.3 is 12.3 Å². The highest BCUT2D eigenvalue weighted by Crippen LogP contribution is 2.38. The van der Waals surface area contributed by atoms with Crippen molar-refractivity contribution < 1.29 is 41.0 Å². The van der Waals surface area contributed by atoms with Crippen LogP contribution >= 0.6 is 0 Å². The molecule has 0 aliphatic heterocycles. The SMILES string of the molecule is COc1cc(C(=O)O)ccc1NS(=O)(=O)c1ccc(-c2ccc(C3CCCCC3)cc2)cc1OC(F)(F)F. The highest BCUT2D eigenvalue weighted by Gasteiger charge is 2.34. The van der Waals surface area contributed by atoms with Gasteiger partial charge in [0.15, 0.2) is 5.75 Å². The third kappa shape index (κ3) is 6.39. The van der Waals surface area contributed by atoms with Gasteiger partial charge in [0.1, 0.15) is 10.6 Å². The molecule has 3 aromatic rings. The lowest BCUT2D eigenvalue weighted by molar-refractivity contribution is -0.275. The molecule has 1 fully saturated rings. The predicted octanol–water partition coefficient (Wildman–Crippen LogP) is 6.81. The monoisotopic (exact) mass is 549 g/mol. The average Bonchev–Trinajstić information content (AvgIpc) is 2.88. The zero-order valence-electron chi connectivity index (χ0n) is 20.4. The van der Waals surface area contributed by atoms with E-state index in [2.05, 4.69) is 9.46 Å². The van der Waals surface area contributed by atoms with Gasteiger partial charge < -0.3 is 14.6 Å². The number of benzene rings is 3. The number of rotatable bonds is 8. The van der Waals surface area contributed by atoms with Crippen molar-refractivity contribution in [3.8, 4) is 22.6 Å². The molecule has 0 unspecified atom stereocenters. The molecule has 0 radical (unpaired) electrons. The van der Waals surface area contributed by atoms with Gasteiger partial charge in [0, 0.05) is 0 Å². The van der Waals surface area contributed by atoms with E-state index >= 15 is 0 Å². The summed E-state index contributed by atoms with van der Waals surface area (Å²) in [6, 6.07) is 14.3. The molecule has 0 saturated heterocycles. The molecule has 0 spiro atoms. The molecule has 4 rings (SSSR count). The van der Waals surface area contributed by atoms with Gasteiger partial charge in [0.25, 0.3) is 10.0 Å². The van der Waals surface area contributed by atoms with Crippen molar-refractivity contribution >= 4 is 21.7 Å². The molecule has 1 saturated carbocycles. The van der Waals surface area contributed by atoms with Gasteiger partial charge in [-0.1, -0.05) is 49.6 Å². The van der Waals surface area contributed by atoms with E-state index in [0.29, 0.717) is 17.0 Å². The highest BCUT2D eigenvalue weighted by molar-refractivity contribution is 7.92. The molecule has 0 heterocycles. The summed E-state index contributed by atoms with van der Waals surface area (Å²) in [6.07, 6.45) is 0.627. The lowest BCUT2D eigenvalue weighted by atomic mass is 9.84. The second-order valence-electron chi connectivity index (χ2n) is 8.99. The number of aromatic carboxylic acids is 1. The second-order valence-corrected chi connectivity index (χ2v) is 10.6. The summed E-state index contributed by atoms with van der Waals surface area (Å²) in [5.41, 5.74) is 1.82. The molecule has 11 heteroatoms. The average molecular weight is 550 g/mol. The van der Waals surface area contributed by atoms with Crippen LogP contribution in [0.5, 0.6) is 11.5 Å². The van der Waals surface area contributed by atoms with Crippen LogP contribution in [0, 0.1) is 0 Å². The van der Waals surface area contributed by atoms with Crippen LogP contribution in [0.1, 0.15) is 53.9 Å². The van der Waals surface area contributed by atoms with E-state index in [4.69, 9.17) is 9.84 Å². The Hall–Kier alpha value is -3.73. The first-order valence-corrected chi connectivity index (χ1v) is 13.4. The van der Waals surface area contributed by atoms with E-state index in [1.54, 1.807) is 12.1 Å². The number of alkyl halides is 3. The van der Waals surface area contributed by atoms with E-state index in [9.17, 15) is 26.4 Å². The zero-order chi connectivity index (χ0) is 27.5. The number of ether oxygens (including phenoxy) is 2. The van der Waals surface area contributed by atoms with Crippen LogP contribution in [-0.4, -0.2) is 33.0 Å². The lowest BCUT2D eigenvalue weighted by Crippen LogP contribution is -2.21. The Bertz CT molecular complexity index is 1420. The number of anilines is 1. The van der Waals surface area contributed by atoms with Gasteiger partial charge in [-0.15, -0.1) is 13.2 Å². The number of sulfonamides is 1. The highest BCUT2D eigenvalue weighted by atomic mass is 32.2. The van der Waals surface area contributed by atoms with Crippen LogP contribution in [0.3, 0.4) is 0 Å². The number of hydrogen-bond donors (Lipinski definition) is 2. The van der Waals surface area contributed by atoms with Crippen LogP contribution in [-0.2, 0) is 10.0 Å². The molecule has 1 aliphatic rings. The molecule has 0 aromatic heterocycles. The Labute approximate surface area is 218 Å². The maximum atomic E-state index is 13.3. The summed E-state index contributed by atoms with van der Waals surface area (Å²) in [5.74, 6) is -1.83. The van der Waals surface area contributed by atoms with Crippen LogP contribution in [0.25, 0.3) is 11.1 Å². The summed E-state index contributed by atoms with van der Waals surface area (Å²) in [6.45, 7) is 0. The van der Waals surface area contributed by atoms with Crippen molar-refractivity contribution in [3.63, 3.8) is 0 Å². The fourth-order valence-corrected chi connectivity index (χ4v) is 5.79. The number of carbonyl (C=O) groups is 1. The summed E-state index contributed by atoms with van der Waals surface area (Å²) in [4.78, 5) is 10.4. The second kappa shape index (κ2) is 10.9. The van der Waals surface area contributed by atoms with E-state index < -0.39 is 33.0 Å². The standard InChI is InChI=1S/C27H26F3NO6S/c1-36-23-16-21(26(32)33)11-13-22(23)31-38(34,35)25-14-12-20(15-24(25)37-27(28,29)30)19-9-7-18(8-10-19)17-5-3-2-4-6-17/h7-17,31H,2-6H2,1H3,(H,32,33). The number of methoxy groups -OCH3 is 1. The van der Waals surface area contributed by atoms with E-state index in [-0.39, 0.29) is 17.0 Å². The molecule has 0 amide bonds. The third-order valence-corrected chi connectivity index (χ3v) is 7.88. The van der Waals surface area contributed by atoms with Crippen molar-refractivity contribution in [2.24, 2.45) is 0 Å². The minimum absolute atomic E-state index is 0.124. The smallest absolute Gasteiger partial charge is 0.495 e. The van der Waals surface area contributed by atoms with Crippen LogP contribution in [0.4, 0.5) is 18.9 Å². The Kier molecular flexibility index (Phi) is 7.86. The lowest BCUT2D eigenvalue weighted by Gasteiger charge is -2.22. The normalized spacial score (nSPS) is 14.6. The molecular weight excluding hydrogens is 523 g/mol. The fourth-order valence-electron chi connectivity index (χ4n) is 4.61. The molecule has 3 aromatic carbocycles. The third-order valence-electron chi connectivity index (χ3n) is 6.47. The number of carboxylic acid groups (broad SMARTS) is 1. The quantitative estimate of drug-likeness (QED) is 0.320. The minimum Gasteiger partial charge on any atom is -0.495 e. The summed E-state index contributed by atoms with van der Waals surface area (Å²) >= 11 is 0. The van der Waals surface area contributed by atoms with Crippen molar-refractivity contribution in [1.29, 1.82) is 0 Å². The van der Waals surface area contributed by atoms with Crippen LogP contribution in [0.2, 0.25) is 0 Å². The topological polar surface area (TPSA) is 102 Å². The molecule has 2 N–H and O–H groups in total. The Morgan fingerprint density at radius 1 is 0.921 bits per heavy atom. The van der Waals surface area contributed by atoms with Gasteiger partial charge in [0.05, 0.1) is 18.4 Å². The molecule has 38 heavy (non-hydrogen) atoms.